The highest BCUT2D eigenvalue weighted by molar-refractivity contribution is 6.09. The van der Waals surface area contributed by atoms with Crippen LogP contribution in [0, 0.1) is 0 Å². The van der Waals surface area contributed by atoms with Gasteiger partial charge in [-0.25, -0.2) is 4.98 Å². The predicted octanol–water partition coefficient (Wildman–Crippen LogP) is 16.7. The summed E-state index contributed by atoms with van der Waals surface area (Å²) in [6, 6.07) is 51.5. The number of hydrogen-bond acceptors (Lipinski definition) is 4. The van der Waals surface area contributed by atoms with Gasteiger partial charge in [0.2, 0.25) is 0 Å². The van der Waals surface area contributed by atoms with Crippen LogP contribution in [0.2, 0.25) is 0 Å². The van der Waals surface area contributed by atoms with Gasteiger partial charge in [-0.05, 0) is 122 Å². The second-order valence-corrected chi connectivity index (χ2v) is 23.2. The number of fused-ring (bicyclic) bond motifs is 4. The molecule has 0 unspecified atom stereocenters. The van der Waals surface area contributed by atoms with Gasteiger partial charge in [0.15, 0.2) is 0 Å². The molecule has 2 aromatic heterocycles. The number of nitrogens with zero attached hydrogens (tertiary/aromatic N) is 4. The summed E-state index contributed by atoms with van der Waals surface area (Å²) in [6.45, 7) is 32.9. The summed E-state index contributed by atoms with van der Waals surface area (Å²) in [5, 5.41) is 2.35. The number of hydrogen-bond donors (Lipinski definition) is 0. The zero-order chi connectivity index (χ0) is 47.1. The van der Waals surface area contributed by atoms with Gasteiger partial charge in [-0.2, -0.15) is 0 Å². The molecule has 0 spiro atoms. The van der Waals surface area contributed by atoms with Crippen LogP contribution in [0.15, 0.2) is 146 Å². The van der Waals surface area contributed by atoms with Crippen LogP contribution >= 0.6 is 0 Å². The van der Waals surface area contributed by atoms with Crippen molar-refractivity contribution in [1.82, 2.24) is 9.55 Å². The molecule has 6 aromatic carbocycles. The summed E-state index contributed by atoms with van der Waals surface area (Å²) >= 11 is 0. The molecular weight excluding hydrogens is 805 g/mol. The molecule has 5 nitrogen and oxygen atoms in total. The largest absolute Gasteiger partial charge is 0.457 e. The van der Waals surface area contributed by atoms with Crippen LogP contribution in [-0.4, -0.2) is 16.2 Å². The summed E-state index contributed by atoms with van der Waals surface area (Å²) in [4.78, 5) is 9.94. The highest BCUT2D eigenvalue weighted by atomic mass is 16.5. The maximum atomic E-state index is 7.06. The topological polar surface area (TPSA) is 33.5 Å². The molecular formula is C61H68N4O. The lowest BCUT2D eigenvalue weighted by Gasteiger charge is -2.29. The highest BCUT2D eigenvalue weighted by Gasteiger charge is 2.34. The first kappa shape index (κ1) is 44.9. The van der Waals surface area contributed by atoms with Crippen LogP contribution in [-0.2, 0) is 27.1 Å². The Hall–Kier alpha value is -6.33. The molecule has 0 N–H and O–H groups in total. The molecule has 8 aromatic rings. The van der Waals surface area contributed by atoms with Crippen LogP contribution in [0.4, 0.5) is 22.7 Å². The van der Waals surface area contributed by atoms with Gasteiger partial charge < -0.3 is 14.5 Å². The van der Waals surface area contributed by atoms with E-state index in [2.05, 4.69) is 251 Å². The third kappa shape index (κ3) is 8.38. The van der Waals surface area contributed by atoms with Gasteiger partial charge in [-0.3, -0.25) is 4.57 Å². The number of rotatable bonds is 7. The standard InChI is InChI=1S/C61H68N4O/c1-57(2,3)41-28-29-62-56(36-41)65-52-23-19-18-22-50(52)51-26-25-48(38-54(51)65)66-49-34-45(60(10,11)12)33-47(37-49)64-39-63(46-31-43(58(4,5)6)30-44(32-46)59(7,8)9)53-27-24-42(35-55(53)64)61(13,14)40-20-16-15-17-21-40/h15-38H,39H2,1-14H3. The van der Waals surface area contributed by atoms with Crippen molar-refractivity contribution in [2.75, 3.05) is 16.5 Å². The second-order valence-electron chi connectivity index (χ2n) is 23.2. The fourth-order valence-corrected chi connectivity index (χ4v) is 9.38. The van der Waals surface area contributed by atoms with Crippen molar-refractivity contribution >= 4 is 44.6 Å². The van der Waals surface area contributed by atoms with E-state index in [0.29, 0.717) is 6.67 Å². The van der Waals surface area contributed by atoms with Gasteiger partial charge in [0.25, 0.3) is 0 Å². The van der Waals surface area contributed by atoms with Crippen LogP contribution in [0.1, 0.15) is 130 Å². The maximum Gasteiger partial charge on any atom is 0.137 e. The van der Waals surface area contributed by atoms with E-state index < -0.39 is 0 Å². The number of pyridine rings is 1. The SMILES string of the molecule is CC(C)(C)c1cc(Oc2ccc3c4ccccc4n(-c4cc(C(C)(C)C)ccn4)c3c2)cc(N2CN(c3cc(C(C)(C)C)cc(C(C)(C)C)c3)c3ccc(C(C)(C)c4ccccc4)cc32)c1. The molecule has 9 rings (SSSR count). The number of para-hydroxylation sites is 1. The average Bonchev–Trinajstić information content (AvgIpc) is 3.81. The molecule has 0 fully saturated rings. The number of aromatic nitrogens is 2. The molecule has 0 radical (unpaired) electrons. The number of benzene rings is 6. The van der Waals surface area contributed by atoms with Crippen molar-refractivity contribution in [3.05, 3.63) is 179 Å². The molecule has 0 bridgehead atoms. The Bertz CT molecular complexity index is 3080. The average molecular weight is 873 g/mol. The van der Waals surface area contributed by atoms with Gasteiger partial charge in [-0.1, -0.05) is 158 Å². The fourth-order valence-electron chi connectivity index (χ4n) is 9.38. The molecule has 0 amide bonds. The van der Waals surface area contributed by atoms with Crippen LogP contribution in [0.3, 0.4) is 0 Å². The second kappa shape index (κ2) is 15.9. The molecule has 338 valence electrons. The van der Waals surface area contributed by atoms with Gasteiger partial charge in [0.1, 0.15) is 24.0 Å². The molecule has 66 heavy (non-hydrogen) atoms. The minimum Gasteiger partial charge on any atom is -0.457 e. The van der Waals surface area contributed by atoms with Crippen molar-refractivity contribution in [2.45, 2.75) is 124 Å². The van der Waals surface area contributed by atoms with E-state index in [0.717, 1.165) is 39.4 Å². The van der Waals surface area contributed by atoms with Crippen molar-refractivity contribution in [3.63, 3.8) is 0 Å². The predicted molar refractivity (Wildman–Crippen MR) is 280 cm³/mol. The summed E-state index contributed by atoms with van der Waals surface area (Å²) in [5.74, 6) is 2.48. The Balaban J connectivity index is 1.19. The Labute approximate surface area is 394 Å². The normalized spacial score (nSPS) is 13.8. The fraction of sp³-hybridized carbons (Fsp3) is 0.328. The molecule has 0 aliphatic carbocycles. The molecule has 1 aliphatic heterocycles. The maximum absolute atomic E-state index is 7.06. The molecule has 0 saturated carbocycles. The lowest BCUT2D eigenvalue weighted by atomic mass is 9.78. The molecule has 3 heterocycles. The van der Waals surface area contributed by atoms with Crippen LogP contribution in [0.5, 0.6) is 11.5 Å². The smallest absolute Gasteiger partial charge is 0.137 e. The number of anilines is 4. The third-order valence-electron chi connectivity index (χ3n) is 13.8. The Kier molecular flexibility index (Phi) is 10.8. The first-order valence-electron chi connectivity index (χ1n) is 23.7. The molecule has 1 aliphatic rings. The Morgan fingerprint density at radius 1 is 0.409 bits per heavy atom. The van der Waals surface area contributed by atoms with E-state index in [-0.39, 0.29) is 27.1 Å². The lowest BCUT2D eigenvalue weighted by molar-refractivity contribution is 0.479. The highest BCUT2D eigenvalue weighted by Crippen LogP contribution is 2.49. The Morgan fingerprint density at radius 2 is 0.985 bits per heavy atom. The van der Waals surface area contributed by atoms with Crippen molar-refractivity contribution in [2.24, 2.45) is 0 Å². The van der Waals surface area contributed by atoms with E-state index in [4.69, 9.17) is 9.72 Å². The van der Waals surface area contributed by atoms with E-state index in [9.17, 15) is 0 Å². The molecule has 0 saturated heterocycles. The van der Waals surface area contributed by atoms with Gasteiger partial charge in [0.05, 0.1) is 22.4 Å². The van der Waals surface area contributed by atoms with Crippen LogP contribution < -0.4 is 14.5 Å². The minimum absolute atomic E-state index is 0.0144. The zero-order valence-electron chi connectivity index (χ0n) is 41.8. The lowest BCUT2D eigenvalue weighted by Crippen LogP contribution is -2.26. The van der Waals surface area contributed by atoms with Crippen molar-refractivity contribution < 1.29 is 4.74 Å². The van der Waals surface area contributed by atoms with Gasteiger partial charge in [-0.15, -0.1) is 0 Å². The minimum atomic E-state index is -0.215. The van der Waals surface area contributed by atoms with Gasteiger partial charge >= 0.3 is 0 Å². The summed E-state index contributed by atoms with van der Waals surface area (Å²) < 4.78 is 9.34. The van der Waals surface area contributed by atoms with Crippen molar-refractivity contribution in [3.8, 4) is 17.3 Å². The molecule has 5 heteroatoms. The van der Waals surface area contributed by atoms with Crippen LogP contribution in [0.25, 0.3) is 27.6 Å². The van der Waals surface area contributed by atoms with E-state index in [1.807, 2.05) is 6.20 Å². The summed E-state index contributed by atoms with van der Waals surface area (Å²) in [7, 11) is 0. The van der Waals surface area contributed by atoms with Crippen molar-refractivity contribution in [1.29, 1.82) is 0 Å². The molecule has 0 atom stereocenters. The Morgan fingerprint density at radius 3 is 1.64 bits per heavy atom. The first-order chi connectivity index (χ1) is 31.0. The zero-order valence-corrected chi connectivity index (χ0v) is 41.8. The first-order valence-corrected chi connectivity index (χ1v) is 23.7. The third-order valence-corrected chi connectivity index (χ3v) is 13.8. The van der Waals surface area contributed by atoms with E-state index in [1.165, 1.54) is 55.8 Å². The number of ether oxygens (including phenoxy) is 1. The van der Waals surface area contributed by atoms with E-state index >= 15 is 0 Å². The van der Waals surface area contributed by atoms with Gasteiger partial charge in [0, 0.05) is 45.9 Å². The summed E-state index contributed by atoms with van der Waals surface area (Å²) in [5.41, 5.74) is 14.1. The van der Waals surface area contributed by atoms with E-state index in [1.54, 1.807) is 0 Å². The quantitative estimate of drug-likeness (QED) is 0.160. The monoisotopic (exact) mass is 873 g/mol. The summed E-state index contributed by atoms with van der Waals surface area (Å²) in [6.07, 6.45) is 1.93.